The first kappa shape index (κ1) is 25.1. The molecule has 3 N–H and O–H groups in total. The molecule has 160 valence electrons. The molecule has 1 amide bonds. The van der Waals surface area contributed by atoms with Crippen molar-refractivity contribution in [2.45, 2.75) is 44.2 Å². The molecule has 1 heterocycles. The third-order valence-electron chi connectivity index (χ3n) is 5.78. The highest BCUT2D eigenvalue weighted by Crippen LogP contribution is 2.32. The Balaban J connectivity index is 0.00000196. The Labute approximate surface area is 179 Å². The number of hydrogen-bond donors (Lipinski definition) is 2. The van der Waals surface area contributed by atoms with Gasteiger partial charge in [-0.3, -0.25) is 9.69 Å². The van der Waals surface area contributed by atoms with E-state index in [0.717, 1.165) is 44.3 Å². The molecule has 2 aliphatic rings. The smallest absolute Gasteiger partial charge is 0.225 e. The quantitative estimate of drug-likeness (QED) is 0.745. The number of carbonyl (C=O) groups excluding carboxylic acids is 1. The number of nitrogens with one attached hydrogen (secondary N) is 1. The third-order valence-corrected chi connectivity index (χ3v) is 5.78. The summed E-state index contributed by atoms with van der Waals surface area (Å²) in [6.45, 7) is 5.43. The number of morpholine rings is 1. The lowest BCUT2D eigenvalue weighted by Gasteiger charge is -2.38. The Bertz CT molecular complexity index is 610. The molecule has 1 aromatic carbocycles. The van der Waals surface area contributed by atoms with Gasteiger partial charge in [0.05, 0.1) is 25.2 Å². The van der Waals surface area contributed by atoms with E-state index in [1.54, 1.807) is 12.1 Å². The fourth-order valence-corrected chi connectivity index (χ4v) is 4.14. The van der Waals surface area contributed by atoms with Gasteiger partial charge in [0.1, 0.15) is 5.82 Å². The van der Waals surface area contributed by atoms with Gasteiger partial charge in [-0.25, -0.2) is 4.39 Å². The van der Waals surface area contributed by atoms with Crippen LogP contribution in [0.25, 0.3) is 0 Å². The van der Waals surface area contributed by atoms with Crippen molar-refractivity contribution in [2.24, 2.45) is 11.7 Å². The van der Waals surface area contributed by atoms with Crippen molar-refractivity contribution in [1.82, 2.24) is 10.2 Å². The van der Waals surface area contributed by atoms with E-state index in [0.29, 0.717) is 19.8 Å². The number of rotatable bonds is 5. The fraction of sp³-hybridized carbons (Fsp3) is 0.650. The molecule has 3 rings (SSSR count). The predicted molar refractivity (Wildman–Crippen MR) is 114 cm³/mol. The van der Waals surface area contributed by atoms with Gasteiger partial charge < -0.3 is 15.8 Å². The van der Waals surface area contributed by atoms with Crippen molar-refractivity contribution in [1.29, 1.82) is 0 Å². The van der Waals surface area contributed by atoms with E-state index in [-0.39, 0.29) is 48.5 Å². The Hall–Kier alpha value is -0.920. The molecule has 3 unspecified atom stereocenters. The minimum atomic E-state index is -0.438. The summed E-state index contributed by atoms with van der Waals surface area (Å²) in [5.74, 6) is -0.357. The monoisotopic (exact) mass is 435 g/mol. The predicted octanol–water partition coefficient (Wildman–Crippen LogP) is 3.07. The molecule has 28 heavy (non-hydrogen) atoms. The molecule has 0 bridgehead atoms. The Morgan fingerprint density at radius 3 is 2.54 bits per heavy atom. The van der Waals surface area contributed by atoms with Crippen LogP contribution in [-0.4, -0.2) is 49.2 Å². The van der Waals surface area contributed by atoms with E-state index in [2.05, 4.69) is 10.2 Å². The zero-order valence-corrected chi connectivity index (χ0v) is 18.0. The van der Waals surface area contributed by atoms with Crippen LogP contribution >= 0.6 is 24.8 Å². The standard InChI is InChI=1S/C20H30FN3O2.2ClH/c1-20(22)9-3-2-4-17(20)19(25)23-14-18(24-10-12-26-13-11-24)15-5-7-16(21)8-6-15;;/h5-8,17-18H,2-4,9-14,22H2,1H3,(H,23,25);2*1H. The lowest BCUT2D eigenvalue weighted by Crippen LogP contribution is -2.54. The summed E-state index contributed by atoms with van der Waals surface area (Å²) in [7, 11) is 0. The highest BCUT2D eigenvalue weighted by molar-refractivity contribution is 5.85. The summed E-state index contributed by atoms with van der Waals surface area (Å²) in [5, 5.41) is 3.12. The lowest BCUT2D eigenvalue weighted by atomic mass is 9.74. The molecular weight excluding hydrogens is 404 g/mol. The average molecular weight is 436 g/mol. The van der Waals surface area contributed by atoms with Gasteiger partial charge in [-0.05, 0) is 37.5 Å². The Kier molecular flexibility index (Phi) is 10.1. The summed E-state index contributed by atoms with van der Waals surface area (Å²) in [5.41, 5.74) is 6.94. The van der Waals surface area contributed by atoms with Crippen molar-refractivity contribution in [3.63, 3.8) is 0 Å². The molecule has 8 heteroatoms. The first-order valence-electron chi connectivity index (χ1n) is 9.61. The molecular formula is C20H32Cl2FN3O2. The maximum Gasteiger partial charge on any atom is 0.225 e. The van der Waals surface area contributed by atoms with Gasteiger partial charge in [0.15, 0.2) is 0 Å². The summed E-state index contributed by atoms with van der Waals surface area (Å²) in [4.78, 5) is 15.1. The first-order valence-corrected chi connectivity index (χ1v) is 9.61. The summed E-state index contributed by atoms with van der Waals surface area (Å²) in [6.07, 6.45) is 3.87. The molecule has 1 aromatic rings. The van der Waals surface area contributed by atoms with Crippen molar-refractivity contribution in [2.75, 3.05) is 32.8 Å². The number of nitrogens with zero attached hydrogens (tertiary/aromatic N) is 1. The Morgan fingerprint density at radius 2 is 1.93 bits per heavy atom. The second-order valence-electron chi connectivity index (χ2n) is 7.77. The highest BCUT2D eigenvalue weighted by Gasteiger charge is 2.38. The van der Waals surface area contributed by atoms with E-state index in [1.165, 1.54) is 12.1 Å². The summed E-state index contributed by atoms with van der Waals surface area (Å²) < 4.78 is 18.8. The molecule has 2 fully saturated rings. The highest BCUT2D eigenvalue weighted by atomic mass is 35.5. The molecule has 3 atom stereocenters. The lowest BCUT2D eigenvalue weighted by molar-refractivity contribution is -0.128. The third kappa shape index (κ3) is 6.29. The van der Waals surface area contributed by atoms with Crippen molar-refractivity contribution >= 4 is 30.7 Å². The van der Waals surface area contributed by atoms with Crippen LogP contribution in [0.4, 0.5) is 4.39 Å². The van der Waals surface area contributed by atoms with E-state index in [4.69, 9.17) is 10.5 Å². The minimum absolute atomic E-state index is 0. The number of amides is 1. The SMILES string of the molecule is CC1(N)CCCCC1C(=O)NCC(c1ccc(F)cc1)N1CCOCC1.Cl.Cl. The van der Waals surface area contributed by atoms with Gasteiger partial charge >= 0.3 is 0 Å². The Morgan fingerprint density at radius 1 is 1.29 bits per heavy atom. The number of halogens is 3. The minimum Gasteiger partial charge on any atom is -0.379 e. The van der Waals surface area contributed by atoms with Crippen molar-refractivity contribution < 1.29 is 13.9 Å². The maximum atomic E-state index is 13.3. The molecule has 1 aliphatic carbocycles. The molecule has 0 radical (unpaired) electrons. The van der Waals surface area contributed by atoms with Gasteiger partial charge in [0, 0.05) is 25.2 Å². The van der Waals surface area contributed by atoms with Crippen molar-refractivity contribution in [3.8, 4) is 0 Å². The average Bonchev–Trinajstić information content (AvgIpc) is 2.63. The van der Waals surface area contributed by atoms with Gasteiger partial charge in [-0.15, -0.1) is 24.8 Å². The number of hydrogen-bond acceptors (Lipinski definition) is 4. The van der Waals surface area contributed by atoms with Gasteiger partial charge in [-0.1, -0.05) is 25.0 Å². The first-order chi connectivity index (χ1) is 12.5. The summed E-state index contributed by atoms with van der Waals surface area (Å²) in [6, 6.07) is 6.56. The van der Waals surface area contributed by atoms with Crippen LogP contribution in [0.3, 0.4) is 0 Å². The van der Waals surface area contributed by atoms with Crippen LogP contribution in [0, 0.1) is 11.7 Å². The number of benzene rings is 1. The maximum absolute atomic E-state index is 13.3. The normalized spacial score (nSPS) is 26.5. The van der Waals surface area contributed by atoms with Crippen LogP contribution < -0.4 is 11.1 Å². The number of nitrogens with two attached hydrogens (primary N) is 1. The molecule has 1 aliphatic heterocycles. The topological polar surface area (TPSA) is 67.6 Å². The van der Waals surface area contributed by atoms with E-state index >= 15 is 0 Å². The van der Waals surface area contributed by atoms with Gasteiger partial charge in [0.2, 0.25) is 5.91 Å². The number of carbonyl (C=O) groups is 1. The van der Waals surface area contributed by atoms with Crippen LogP contribution in [0.15, 0.2) is 24.3 Å². The fourth-order valence-electron chi connectivity index (χ4n) is 4.14. The summed E-state index contributed by atoms with van der Waals surface area (Å²) >= 11 is 0. The zero-order chi connectivity index (χ0) is 18.6. The van der Waals surface area contributed by atoms with Crippen LogP contribution in [0.1, 0.15) is 44.2 Å². The molecule has 1 saturated heterocycles. The van der Waals surface area contributed by atoms with Crippen LogP contribution in [-0.2, 0) is 9.53 Å². The molecule has 1 saturated carbocycles. The van der Waals surface area contributed by atoms with Gasteiger partial charge in [0.25, 0.3) is 0 Å². The molecule has 5 nitrogen and oxygen atoms in total. The van der Waals surface area contributed by atoms with Gasteiger partial charge in [-0.2, -0.15) is 0 Å². The molecule has 0 aromatic heterocycles. The van der Waals surface area contributed by atoms with E-state index in [1.807, 2.05) is 6.92 Å². The largest absolute Gasteiger partial charge is 0.379 e. The molecule has 0 spiro atoms. The van der Waals surface area contributed by atoms with E-state index < -0.39 is 5.54 Å². The van der Waals surface area contributed by atoms with Crippen molar-refractivity contribution in [3.05, 3.63) is 35.6 Å². The number of ether oxygens (including phenoxy) is 1. The second kappa shape index (κ2) is 11.3. The zero-order valence-electron chi connectivity index (χ0n) is 16.4. The second-order valence-corrected chi connectivity index (χ2v) is 7.77. The van der Waals surface area contributed by atoms with Crippen LogP contribution in [0.2, 0.25) is 0 Å². The van der Waals surface area contributed by atoms with Crippen LogP contribution in [0.5, 0.6) is 0 Å². The van der Waals surface area contributed by atoms with E-state index in [9.17, 15) is 9.18 Å².